The predicted octanol–water partition coefficient (Wildman–Crippen LogP) is 2.77. The van der Waals surface area contributed by atoms with Crippen molar-refractivity contribution < 1.29 is 19.1 Å². The van der Waals surface area contributed by atoms with Gasteiger partial charge in [-0.15, -0.1) is 0 Å². The van der Waals surface area contributed by atoms with E-state index in [1.807, 2.05) is 39.8 Å². The van der Waals surface area contributed by atoms with E-state index in [2.05, 4.69) is 0 Å². The molecule has 1 aromatic carbocycles. The standard InChI is InChI=1S/C21H21N3O5.2C2H6/c1-11-7-17-19(21(28)23(11)2)15(25)9-16(29-17)13-8-12-5-3-4-6-14(12)24(20(13)27)10-18(22)26;2*1-2/h3-7,13,16H,8-10H2,1-2H3,(H2,22,26);2*1-2H3. The maximum absolute atomic E-state index is 13.2. The third kappa shape index (κ3) is 4.99. The Bertz CT molecular complexity index is 1110. The molecule has 2 aromatic rings. The molecule has 0 spiro atoms. The van der Waals surface area contributed by atoms with Gasteiger partial charge < -0.3 is 19.9 Å². The lowest BCUT2D eigenvalue weighted by Crippen LogP contribution is -2.51. The van der Waals surface area contributed by atoms with Gasteiger partial charge in [-0.05, 0) is 25.0 Å². The van der Waals surface area contributed by atoms with E-state index in [1.165, 1.54) is 9.47 Å². The number of nitrogens with zero attached hydrogens (tertiary/aromatic N) is 2. The van der Waals surface area contributed by atoms with Crippen LogP contribution in [0.25, 0.3) is 0 Å². The minimum atomic E-state index is -0.724. The summed E-state index contributed by atoms with van der Waals surface area (Å²) in [6.07, 6.45) is -0.423. The van der Waals surface area contributed by atoms with Crippen molar-refractivity contribution in [2.75, 3.05) is 11.4 Å². The van der Waals surface area contributed by atoms with Crippen molar-refractivity contribution in [1.29, 1.82) is 0 Å². The number of carbonyl (C=O) groups is 3. The number of fused-ring (bicyclic) bond motifs is 2. The molecule has 178 valence electrons. The number of pyridine rings is 1. The van der Waals surface area contributed by atoms with Gasteiger partial charge in [0.2, 0.25) is 11.8 Å². The number of ether oxygens (including phenoxy) is 1. The summed E-state index contributed by atoms with van der Waals surface area (Å²) in [6.45, 7) is 9.50. The first kappa shape index (κ1) is 25.8. The fourth-order valence-electron chi connectivity index (χ4n) is 4.05. The molecule has 0 radical (unpaired) electrons. The molecule has 0 fully saturated rings. The Balaban J connectivity index is 0.000000914. The van der Waals surface area contributed by atoms with E-state index in [4.69, 9.17) is 10.5 Å². The maximum atomic E-state index is 13.2. The van der Waals surface area contributed by atoms with Crippen molar-refractivity contribution in [1.82, 2.24) is 4.57 Å². The molecule has 0 bridgehead atoms. The number of rotatable bonds is 3. The number of carbonyl (C=O) groups excluding carboxylic acids is 3. The highest BCUT2D eigenvalue weighted by atomic mass is 16.5. The number of anilines is 1. The second kappa shape index (κ2) is 10.9. The van der Waals surface area contributed by atoms with Gasteiger partial charge in [0.05, 0.1) is 5.92 Å². The van der Waals surface area contributed by atoms with E-state index in [0.29, 0.717) is 17.8 Å². The summed E-state index contributed by atoms with van der Waals surface area (Å²) < 4.78 is 7.40. The van der Waals surface area contributed by atoms with E-state index in [0.717, 1.165) is 5.56 Å². The molecule has 3 heterocycles. The topological polar surface area (TPSA) is 112 Å². The number of Topliss-reactive ketones (excluding diaryl/α,β-unsaturated/α-hetero) is 1. The Kier molecular flexibility index (Phi) is 8.56. The summed E-state index contributed by atoms with van der Waals surface area (Å²) in [7, 11) is 1.60. The maximum Gasteiger partial charge on any atom is 0.265 e. The van der Waals surface area contributed by atoms with Gasteiger partial charge in [0.15, 0.2) is 5.78 Å². The van der Waals surface area contributed by atoms with E-state index >= 15 is 0 Å². The van der Waals surface area contributed by atoms with E-state index in [9.17, 15) is 19.2 Å². The Morgan fingerprint density at radius 1 is 1.09 bits per heavy atom. The zero-order chi connectivity index (χ0) is 24.9. The van der Waals surface area contributed by atoms with Crippen molar-refractivity contribution in [2.45, 2.75) is 53.6 Å². The van der Waals surface area contributed by atoms with Crippen molar-refractivity contribution in [3.05, 3.63) is 57.5 Å². The second-order valence-electron chi connectivity index (χ2n) is 7.50. The molecule has 0 saturated heterocycles. The highest BCUT2D eigenvalue weighted by Crippen LogP contribution is 2.36. The lowest BCUT2D eigenvalue weighted by molar-refractivity contribution is -0.127. The summed E-state index contributed by atoms with van der Waals surface area (Å²) in [5, 5.41) is 0. The summed E-state index contributed by atoms with van der Waals surface area (Å²) >= 11 is 0. The zero-order valence-corrected chi connectivity index (χ0v) is 20.2. The number of ketones is 1. The quantitative estimate of drug-likeness (QED) is 0.765. The van der Waals surface area contributed by atoms with Gasteiger partial charge in [-0.25, -0.2) is 0 Å². The summed E-state index contributed by atoms with van der Waals surface area (Å²) in [6, 6.07) is 8.92. The van der Waals surface area contributed by atoms with Crippen LogP contribution in [0.1, 0.15) is 55.7 Å². The molecule has 8 nitrogen and oxygen atoms in total. The number of hydrogen-bond donors (Lipinski definition) is 1. The van der Waals surface area contributed by atoms with Gasteiger partial charge >= 0.3 is 0 Å². The third-order valence-corrected chi connectivity index (χ3v) is 5.65. The van der Waals surface area contributed by atoms with Crippen LogP contribution in [-0.2, 0) is 23.1 Å². The first-order valence-electron chi connectivity index (χ1n) is 11.4. The molecule has 33 heavy (non-hydrogen) atoms. The van der Waals surface area contributed by atoms with Crippen LogP contribution >= 0.6 is 0 Å². The van der Waals surface area contributed by atoms with E-state index in [1.54, 1.807) is 32.2 Å². The Hall–Kier alpha value is -3.42. The molecule has 2 amide bonds. The van der Waals surface area contributed by atoms with Crippen LogP contribution in [0.15, 0.2) is 35.1 Å². The second-order valence-corrected chi connectivity index (χ2v) is 7.50. The average Bonchev–Trinajstić information content (AvgIpc) is 2.81. The zero-order valence-electron chi connectivity index (χ0n) is 20.2. The molecule has 0 saturated carbocycles. The van der Waals surface area contributed by atoms with Crippen LogP contribution in [-0.4, -0.2) is 34.8 Å². The largest absolute Gasteiger partial charge is 0.488 e. The summed E-state index contributed by atoms with van der Waals surface area (Å²) in [5.41, 5.74) is 7.13. The normalized spacial score (nSPS) is 18.5. The van der Waals surface area contributed by atoms with Crippen LogP contribution < -0.4 is 20.9 Å². The van der Waals surface area contributed by atoms with Gasteiger partial charge in [-0.1, -0.05) is 45.9 Å². The number of amides is 2. The van der Waals surface area contributed by atoms with Crippen molar-refractivity contribution >= 4 is 23.3 Å². The van der Waals surface area contributed by atoms with Gasteiger partial charge in [-0.3, -0.25) is 19.2 Å². The SMILES string of the molecule is CC.CC.Cc1cc2c(c(=O)n1C)C(=O)CC(C1Cc3ccccc3N(CC(N)=O)C1=O)O2. The number of benzene rings is 1. The van der Waals surface area contributed by atoms with Crippen molar-refractivity contribution in [3.8, 4) is 5.75 Å². The Morgan fingerprint density at radius 2 is 1.73 bits per heavy atom. The van der Waals surface area contributed by atoms with Gasteiger partial charge in [0.25, 0.3) is 5.56 Å². The lowest BCUT2D eigenvalue weighted by atomic mass is 9.84. The number of para-hydroxylation sites is 1. The molecular formula is C25H33N3O5. The highest BCUT2D eigenvalue weighted by molar-refractivity contribution is 6.04. The molecule has 1 aromatic heterocycles. The molecule has 2 aliphatic rings. The lowest BCUT2D eigenvalue weighted by Gasteiger charge is -2.38. The summed E-state index contributed by atoms with van der Waals surface area (Å²) in [4.78, 5) is 51.3. The highest BCUT2D eigenvalue weighted by Gasteiger charge is 2.43. The van der Waals surface area contributed by atoms with Crippen LogP contribution in [0.4, 0.5) is 5.69 Å². The number of hydrogen-bond acceptors (Lipinski definition) is 5. The summed E-state index contributed by atoms with van der Waals surface area (Å²) in [5.74, 6) is -1.74. The van der Waals surface area contributed by atoms with E-state index < -0.39 is 23.5 Å². The van der Waals surface area contributed by atoms with Crippen molar-refractivity contribution in [2.24, 2.45) is 18.7 Å². The molecule has 2 atom stereocenters. The van der Waals surface area contributed by atoms with Crippen LogP contribution in [0.2, 0.25) is 0 Å². The van der Waals surface area contributed by atoms with Gasteiger partial charge in [0, 0.05) is 30.9 Å². The minimum Gasteiger partial charge on any atom is -0.488 e. The van der Waals surface area contributed by atoms with Gasteiger partial charge in [-0.2, -0.15) is 0 Å². The molecule has 8 heteroatoms. The average molecular weight is 456 g/mol. The number of aromatic nitrogens is 1. The predicted molar refractivity (Wildman–Crippen MR) is 128 cm³/mol. The number of primary amides is 1. The smallest absolute Gasteiger partial charge is 0.265 e. The Morgan fingerprint density at radius 3 is 2.36 bits per heavy atom. The molecule has 0 aliphatic carbocycles. The van der Waals surface area contributed by atoms with Crippen LogP contribution in [0.5, 0.6) is 5.75 Å². The monoisotopic (exact) mass is 455 g/mol. The molecule has 2 N–H and O–H groups in total. The fraction of sp³-hybridized carbons (Fsp3) is 0.440. The first-order valence-corrected chi connectivity index (χ1v) is 11.4. The molecule has 2 aliphatic heterocycles. The van der Waals surface area contributed by atoms with Crippen molar-refractivity contribution in [3.63, 3.8) is 0 Å². The number of nitrogens with two attached hydrogens (primary N) is 1. The molecule has 4 rings (SSSR count). The van der Waals surface area contributed by atoms with Crippen LogP contribution in [0, 0.1) is 12.8 Å². The first-order chi connectivity index (χ1) is 15.8. The van der Waals surface area contributed by atoms with Crippen LogP contribution in [0.3, 0.4) is 0 Å². The van der Waals surface area contributed by atoms with E-state index in [-0.39, 0.29) is 36.0 Å². The third-order valence-electron chi connectivity index (χ3n) is 5.65. The molecular weight excluding hydrogens is 422 g/mol. The Labute approximate surface area is 194 Å². The molecule has 2 unspecified atom stereocenters. The fourth-order valence-corrected chi connectivity index (χ4v) is 4.05. The number of aryl methyl sites for hydroxylation is 1. The van der Waals surface area contributed by atoms with Gasteiger partial charge in [0.1, 0.15) is 24.0 Å². The minimum absolute atomic E-state index is 0.0204.